The molecule has 1 aliphatic heterocycles. The molecule has 134 valence electrons. The first-order valence-electron chi connectivity index (χ1n) is 7.98. The van der Waals surface area contributed by atoms with E-state index < -0.39 is 0 Å². The molecule has 0 radical (unpaired) electrons. The van der Waals surface area contributed by atoms with E-state index in [0.717, 1.165) is 5.56 Å². The first kappa shape index (κ1) is 17.2. The second-order valence-corrected chi connectivity index (χ2v) is 6.70. The summed E-state index contributed by atoms with van der Waals surface area (Å²) in [4.78, 5) is 16.8. The molecule has 0 aliphatic carbocycles. The van der Waals surface area contributed by atoms with E-state index in [9.17, 15) is 13.6 Å². The van der Waals surface area contributed by atoms with Crippen molar-refractivity contribution < 1.29 is 18.0 Å². The van der Waals surface area contributed by atoms with Crippen LogP contribution in [0.1, 0.15) is 5.76 Å². The fourth-order valence-corrected chi connectivity index (χ4v) is 3.26. The number of furan rings is 1. The van der Waals surface area contributed by atoms with Crippen LogP contribution < -0.4 is 5.32 Å². The van der Waals surface area contributed by atoms with Crippen molar-refractivity contribution in [1.29, 1.82) is 0 Å². The van der Waals surface area contributed by atoms with Crippen LogP contribution in [0.4, 0.5) is 14.5 Å². The van der Waals surface area contributed by atoms with E-state index in [1.54, 1.807) is 30.3 Å². The molecule has 0 saturated carbocycles. The van der Waals surface area contributed by atoms with E-state index in [2.05, 4.69) is 10.3 Å². The Balaban J connectivity index is 1.53. The quantitative estimate of drug-likeness (QED) is 0.640. The normalized spacial score (nSPS) is 16.9. The Kier molecular flexibility index (Phi) is 4.60. The Morgan fingerprint density at radius 2 is 1.59 bits per heavy atom. The highest BCUT2D eigenvalue weighted by molar-refractivity contribution is 8.18. The third kappa shape index (κ3) is 3.98. The molecule has 1 aromatic heterocycles. The number of hydrogen-bond acceptors (Lipinski definition) is 4. The summed E-state index contributed by atoms with van der Waals surface area (Å²) in [5.41, 5.74) is 1.28. The van der Waals surface area contributed by atoms with Gasteiger partial charge in [-0.25, -0.2) is 13.8 Å². The summed E-state index contributed by atoms with van der Waals surface area (Å²) in [5, 5.41) is 3.07. The number of nitrogens with one attached hydrogen (secondary N) is 1. The minimum atomic E-state index is -0.350. The van der Waals surface area contributed by atoms with Crippen molar-refractivity contribution in [2.75, 3.05) is 0 Å². The van der Waals surface area contributed by atoms with Gasteiger partial charge < -0.3 is 9.73 Å². The highest BCUT2D eigenvalue weighted by Crippen LogP contribution is 2.30. The molecule has 1 fully saturated rings. The maximum atomic E-state index is 13.0. The predicted molar refractivity (Wildman–Crippen MR) is 101 cm³/mol. The number of aliphatic imine (C=N–C) groups is 1. The summed E-state index contributed by atoms with van der Waals surface area (Å²) >= 11 is 1.17. The molecule has 1 saturated heterocycles. The fourth-order valence-electron chi connectivity index (χ4n) is 2.44. The lowest BCUT2D eigenvalue weighted by molar-refractivity contribution is -0.115. The van der Waals surface area contributed by atoms with Crippen LogP contribution >= 0.6 is 11.8 Å². The Labute approximate surface area is 157 Å². The first-order chi connectivity index (χ1) is 13.1. The molecular weight excluding hydrogens is 370 g/mol. The molecule has 1 amide bonds. The smallest absolute Gasteiger partial charge is 0.264 e. The molecule has 0 unspecified atom stereocenters. The average Bonchev–Trinajstić information content (AvgIpc) is 3.25. The van der Waals surface area contributed by atoms with Crippen molar-refractivity contribution in [1.82, 2.24) is 5.32 Å². The van der Waals surface area contributed by atoms with Gasteiger partial charge in [0.05, 0.1) is 10.6 Å². The highest BCUT2D eigenvalue weighted by Gasteiger charge is 2.24. The Hall–Kier alpha value is -3.19. The van der Waals surface area contributed by atoms with Crippen LogP contribution in [-0.2, 0) is 4.79 Å². The van der Waals surface area contributed by atoms with Gasteiger partial charge in [-0.2, -0.15) is 0 Å². The first-order valence-corrected chi connectivity index (χ1v) is 8.79. The lowest BCUT2D eigenvalue weighted by Crippen LogP contribution is -2.19. The Morgan fingerprint density at radius 3 is 2.30 bits per heavy atom. The minimum absolute atomic E-state index is 0.291. The molecule has 4 nitrogen and oxygen atoms in total. The number of benzene rings is 2. The van der Waals surface area contributed by atoms with Gasteiger partial charge in [-0.1, -0.05) is 0 Å². The zero-order chi connectivity index (χ0) is 18.8. The second kappa shape index (κ2) is 7.20. The summed E-state index contributed by atoms with van der Waals surface area (Å²) in [5.74, 6) is 0.109. The number of carbonyl (C=O) groups excluding carboxylic acids is 1. The number of rotatable bonds is 3. The van der Waals surface area contributed by atoms with Gasteiger partial charge in [0.2, 0.25) is 0 Å². The van der Waals surface area contributed by atoms with Gasteiger partial charge in [0.15, 0.2) is 5.17 Å². The highest BCUT2D eigenvalue weighted by atomic mass is 32.2. The maximum Gasteiger partial charge on any atom is 0.264 e. The number of hydrogen-bond donors (Lipinski definition) is 1. The monoisotopic (exact) mass is 382 g/mol. The summed E-state index contributed by atoms with van der Waals surface area (Å²) in [6, 6.07) is 15.1. The van der Waals surface area contributed by atoms with Gasteiger partial charge >= 0.3 is 0 Å². The number of amidine groups is 1. The summed E-state index contributed by atoms with van der Waals surface area (Å²) in [7, 11) is 0. The van der Waals surface area contributed by atoms with E-state index in [4.69, 9.17) is 4.42 Å². The van der Waals surface area contributed by atoms with Gasteiger partial charge in [0.25, 0.3) is 5.91 Å². The topological polar surface area (TPSA) is 54.6 Å². The summed E-state index contributed by atoms with van der Waals surface area (Å²) < 4.78 is 31.7. The van der Waals surface area contributed by atoms with Gasteiger partial charge in [-0.3, -0.25) is 4.79 Å². The number of carbonyl (C=O) groups is 1. The van der Waals surface area contributed by atoms with Crippen LogP contribution in [0.15, 0.2) is 75.0 Å². The van der Waals surface area contributed by atoms with E-state index >= 15 is 0 Å². The molecule has 2 aromatic carbocycles. The number of thioether (sulfide) groups is 1. The molecule has 27 heavy (non-hydrogen) atoms. The molecule has 3 aromatic rings. The van der Waals surface area contributed by atoms with Crippen molar-refractivity contribution >= 4 is 34.6 Å². The predicted octanol–water partition coefficient (Wildman–Crippen LogP) is 5.12. The van der Waals surface area contributed by atoms with Gasteiger partial charge in [-0.05, 0) is 72.4 Å². The zero-order valence-corrected chi connectivity index (χ0v) is 14.6. The third-order valence-electron chi connectivity index (χ3n) is 3.74. The SMILES string of the molecule is O=C1NC(=Nc2ccc(F)cc2)S/C1=C\c1ccc(-c2ccc(F)cc2)o1. The summed E-state index contributed by atoms with van der Waals surface area (Å²) in [6.07, 6.45) is 1.61. The van der Waals surface area contributed by atoms with Crippen molar-refractivity contribution in [3.8, 4) is 11.3 Å². The second-order valence-electron chi connectivity index (χ2n) is 5.67. The van der Waals surface area contributed by atoms with Crippen molar-refractivity contribution in [2.45, 2.75) is 0 Å². The van der Waals surface area contributed by atoms with Crippen LogP contribution in [0.3, 0.4) is 0 Å². The van der Waals surface area contributed by atoms with Gasteiger partial charge in [-0.15, -0.1) is 0 Å². The van der Waals surface area contributed by atoms with Crippen LogP contribution in [-0.4, -0.2) is 11.1 Å². The minimum Gasteiger partial charge on any atom is -0.457 e. The maximum absolute atomic E-state index is 13.0. The van der Waals surface area contributed by atoms with Crippen LogP contribution in [0.2, 0.25) is 0 Å². The van der Waals surface area contributed by atoms with Crippen LogP contribution in [0.25, 0.3) is 17.4 Å². The Morgan fingerprint density at radius 1 is 0.926 bits per heavy atom. The number of nitrogens with zero attached hydrogens (tertiary/aromatic N) is 1. The third-order valence-corrected chi connectivity index (χ3v) is 4.65. The van der Waals surface area contributed by atoms with Crippen LogP contribution in [0, 0.1) is 11.6 Å². The number of halogens is 2. The lowest BCUT2D eigenvalue weighted by atomic mass is 10.2. The van der Waals surface area contributed by atoms with Gasteiger partial charge in [0, 0.05) is 11.6 Å². The molecule has 2 heterocycles. The molecule has 1 N–H and O–H groups in total. The lowest BCUT2D eigenvalue weighted by Gasteiger charge is -1.96. The molecule has 1 aliphatic rings. The molecule has 0 bridgehead atoms. The average molecular weight is 382 g/mol. The van der Waals surface area contributed by atoms with E-state index in [0.29, 0.717) is 27.3 Å². The van der Waals surface area contributed by atoms with E-state index in [1.165, 1.54) is 48.2 Å². The van der Waals surface area contributed by atoms with E-state index in [1.807, 2.05) is 0 Å². The molecule has 7 heteroatoms. The number of amides is 1. The van der Waals surface area contributed by atoms with Crippen molar-refractivity contribution in [3.63, 3.8) is 0 Å². The largest absolute Gasteiger partial charge is 0.457 e. The van der Waals surface area contributed by atoms with Crippen molar-refractivity contribution in [3.05, 3.63) is 83.0 Å². The standard InChI is InChI=1S/C20H12F2N2O2S/c21-13-3-1-12(2-4-13)17-10-9-16(26-17)11-18-19(25)24-20(27-18)23-15-7-5-14(22)6-8-15/h1-11H,(H,23,24,25)/b18-11-. The Bertz CT molecular complexity index is 1050. The van der Waals surface area contributed by atoms with Crippen LogP contribution in [0.5, 0.6) is 0 Å². The van der Waals surface area contributed by atoms with Crippen molar-refractivity contribution in [2.24, 2.45) is 4.99 Å². The molecule has 0 spiro atoms. The molecular formula is C20H12F2N2O2S. The van der Waals surface area contributed by atoms with Gasteiger partial charge in [0.1, 0.15) is 23.2 Å². The fraction of sp³-hybridized carbons (Fsp3) is 0. The summed E-state index contributed by atoms with van der Waals surface area (Å²) in [6.45, 7) is 0. The molecule has 4 rings (SSSR count). The molecule has 0 atom stereocenters. The zero-order valence-electron chi connectivity index (χ0n) is 13.8. The van der Waals surface area contributed by atoms with E-state index in [-0.39, 0.29) is 17.5 Å².